The van der Waals surface area contributed by atoms with Crippen LogP contribution in [0.15, 0.2) is 58.9 Å². The molecular weight excluding hydrogens is 360 g/mol. The van der Waals surface area contributed by atoms with Crippen molar-refractivity contribution in [2.45, 2.75) is 24.8 Å². The molecule has 0 saturated heterocycles. The molecular formula is C20H20N4O2S. The maximum Gasteiger partial charge on any atom is 0.266 e. The summed E-state index contributed by atoms with van der Waals surface area (Å²) in [6.45, 7) is 3.97. The Kier molecular flexibility index (Phi) is 5.71. The third-order valence-electron chi connectivity index (χ3n) is 4.23. The lowest BCUT2D eigenvalue weighted by atomic mass is 10.1. The first-order valence-corrected chi connectivity index (χ1v) is 9.40. The normalized spacial score (nSPS) is 10.6. The lowest BCUT2D eigenvalue weighted by molar-refractivity contribution is 0.102. The van der Waals surface area contributed by atoms with Gasteiger partial charge in [-0.15, -0.1) is 0 Å². The van der Waals surface area contributed by atoms with Crippen LogP contribution in [0.4, 0.5) is 5.69 Å². The van der Waals surface area contributed by atoms with E-state index in [1.54, 1.807) is 19.4 Å². The maximum atomic E-state index is 12.6. The van der Waals surface area contributed by atoms with E-state index >= 15 is 0 Å². The van der Waals surface area contributed by atoms with Gasteiger partial charge in [0.2, 0.25) is 0 Å². The first-order valence-electron chi connectivity index (χ1n) is 8.42. The number of rotatable bonds is 5. The van der Waals surface area contributed by atoms with Crippen molar-refractivity contribution in [3.8, 4) is 0 Å². The van der Waals surface area contributed by atoms with E-state index < -0.39 is 5.91 Å². The van der Waals surface area contributed by atoms with Gasteiger partial charge < -0.3 is 5.32 Å². The van der Waals surface area contributed by atoms with Gasteiger partial charge in [0.05, 0.1) is 0 Å². The van der Waals surface area contributed by atoms with E-state index in [0.717, 1.165) is 16.7 Å². The van der Waals surface area contributed by atoms with E-state index in [9.17, 15) is 9.59 Å². The van der Waals surface area contributed by atoms with E-state index in [0.29, 0.717) is 16.6 Å². The van der Waals surface area contributed by atoms with E-state index in [1.807, 2.05) is 44.2 Å². The van der Waals surface area contributed by atoms with Crippen LogP contribution in [-0.2, 0) is 12.8 Å². The van der Waals surface area contributed by atoms with Gasteiger partial charge >= 0.3 is 0 Å². The highest BCUT2D eigenvalue weighted by Gasteiger charge is 2.15. The van der Waals surface area contributed by atoms with Crippen LogP contribution in [0, 0.1) is 13.8 Å². The molecule has 2 aromatic heterocycles. The monoisotopic (exact) mass is 380 g/mol. The van der Waals surface area contributed by atoms with Crippen LogP contribution in [0.5, 0.6) is 0 Å². The zero-order valence-electron chi connectivity index (χ0n) is 15.4. The van der Waals surface area contributed by atoms with Gasteiger partial charge in [-0.2, -0.15) is 0 Å². The topological polar surface area (TPSA) is 76.9 Å². The molecule has 27 heavy (non-hydrogen) atoms. The molecule has 0 aliphatic heterocycles. The first-order chi connectivity index (χ1) is 13.0. The van der Waals surface area contributed by atoms with Crippen LogP contribution >= 0.6 is 11.8 Å². The lowest BCUT2D eigenvalue weighted by Gasteiger charge is -2.10. The smallest absolute Gasteiger partial charge is 0.266 e. The number of carbonyl (C=O) groups is 1. The highest BCUT2D eigenvalue weighted by atomic mass is 32.2. The average molecular weight is 380 g/mol. The van der Waals surface area contributed by atoms with Crippen LogP contribution in [-0.4, -0.2) is 20.4 Å². The Hall–Kier alpha value is -2.93. The van der Waals surface area contributed by atoms with Crippen molar-refractivity contribution in [2.24, 2.45) is 7.05 Å². The Labute approximate surface area is 161 Å². The van der Waals surface area contributed by atoms with Crippen molar-refractivity contribution in [1.82, 2.24) is 14.5 Å². The molecule has 0 spiro atoms. The third kappa shape index (κ3) is 4.43. The summed E-state index contributed by atoms with van der Waals surface area (Å²) in [5.74, 6) is 0.178. The van der Waals surface area contributed by atoms with Gasteiger partial charge in [0.1, 0.15) is 5.56 Å². The minimum atomic E-state index is -0.463. The number of benzene rings is 1. The third-order valence-corrected chi connectivity index (χ3v) is 5.34. The molecule has 0 fully saturated rings. The number of thioether (sulfide) groups is 1. The second-order valence-electron chi connectivity index (χ2n) is 6.22. The summed E-state index contributed by atoms with van der Waals surface area (Å²) in [5.41, 5.74) is 3.54. The minimum Gasteiger partial charge on any atom is -0.322 e. The summed E-state index contributed by atoms with van der Waals surface area (Å²) in [7, 11) is 1.62. The van der Waals surface area contributed by atoms with Gasteiger partial charge in [0.15, 0.2) is 5.16 Å². The highest BCUT2D eigenvalue weighted by Crippen LogP contribution is 2.19. The van der Waals surface area contributed by atoms with Gasteiger partial charge in [0.25, 0.3) is 11.5 Å². The van der Waals surface area contributed by atoms with Gasteiger partial charge in [-0.25, -0.2) is 4.98 Å². The molecule has 138 valence electrons. The van der Waals surface area contributed by atoms with Crippen LogP contribution in [0.2, 0.25) is 0 Å². The lowest BCUT2D eigenvalue weighted by Crippen LogP contribution is -2.29. The SMILES string of the molecule is Cc1ccc(NC(=O)c2cnc(SCc3cccnc3)n(C)c2=O)cc1C. The number of amides is 1. The molecule has 0 aliphatic rings. The number of anilines is 1. The molecule has 2 heterocycles. The molecule has 7 heteroatoms. The zero-order chi connectivity index (χ0) is 19.4. The molecule has 0 radical (unpaired) electrons. The van der Waals surface area contributed by atoms with Crippen molar-refractivity contribution in [3.63, 3.8) is 0 Å². The van der Waals surface area contributed by atoms with Gasteiger partial charge in [0, 0.05) is 37.1 Å². The summed E-state index contributed by atoms with van der Waals surface area (Å²) in [4.78, 5) is 33.4. The second kappa shape index (κ2) is 8.18. The highest BCUT2D eigenvalue weighted by molar-refractivity contribution is 7.98. The zero-order valence-corrected chi connectivity index (χ0v) is 16.2. The number of pyridine rings is 1. The fourth-order valence-electron chi connectivity index (χ4n) is 2.47. The predicted octanol–water partition coefficient (Wildman–Crippen LogP) is 3.34. The Morgan fingerprint density at radius 3 is 2.70 bits per heavy atom. The van der Waals surface area contributed by atoms with Crippen LogP contribution in [0.3, 0.4) is 0 Å². The summed E-state index contributed by atoms with van der Waals surface area (Å²) in [5, 5.41) is 3.31. The number of aryl methyl sites for hydroxylation is 2. The van der Waals surface area contributed by atoms with Crippen molar-refractivity contribution < 1.29 is 4.79 Å². The van der Waals surface area contributed by atoms with Crippen molar-refractivity contribution in [2.75, 3.05) is 5.32 Å². The maximum absolute atomic E-state index is 12.6. The average Bonchev–Trinajstić information content (AvgIpc) is 2.66. The summed E-state index contributed by atoms with van der Waals surface area (Å²) in [6, 6.07) is 9.45. The molecule has 0 bridgehead atoms. The number of hydrogen-bond acceptors (Lipinski definition) is 5. The van der Waals surface area contributed by atoms with E-state index in [-0.39, 0.29) is 11.1 Å². The van der Waals surface area contributed by atoms with Crippen LogP contribution < -0.4 is 10.9 Å². The number of carbonyl (C=O) groups excluding carboxylic acids is 1. The van der Waals surface area contributed by atoms with Gasteiger partial charge in [-0.1, -0.05) is 23.9 Å². The Bertz CT molecular complexity index is 1030. The number of hydrogen-bond donors (Lipinski definition) is 1. The molecule has 3 aromatic rings. The Morgan fingerprint density at radius 1 is 1.19 bits per heavy atom. The van der Waals surface area contributed by atoms with E-state index in [2.05, 4.69) is 15.3 Å². The van der Waals surface area contributed by atoms with E-state index in [1.165, 1.54) is 22.5 Å². The van der Waals surface area contributed by atoms with Gasteiger partial charge in [-0.05, 0) is 48.7 Å². The van der Waals surface area contributed by atoms with Crippen molar-refractivity contribution in [3.05, 3.63) is 81.5 Å². The molecule has 0 aliphatic carbocycles. The van der Waals surface area contributed by atoms with Crippen molar-refractivity contribution in [1.29, 1.82) is 0 Å². The molecule has 0 saturated carbocycles. The summed E-state index contributed by atoms with van der Waals surface area (Å²) in [6.07, 6.45) is 4.83. The molecule has 1 N–H and O–H groups in total. The molecule has 1 aromatic carbocycles. The fourth-order valence-corrected chi connectivity index (χ4v) is 3.34. The van der Waals surface area contributed by atoms with Crippen LogP contribution in [0.1, 0.15) is 27.0 Å². The molecule has 0 atom stereocenters. The molecule has 6 nitrogen and oxygen atoms in total. The second-order valence-corrected chi connectivity index (χ2v) is 7.16. The number of nitrogens with one attached hydrogen (secondary N) is 1. The van der Waals surface area contributed by atoms with Crippen molar-refractivity contribution >= 4 is 23.4 Å². The fraction of sp³-hybridized carbons (Fsp3) is 0.200. The van der Waals surface area contributed by atoms with E-state index in [4.69, 9.17) is 0 Å². The molecule has 0 unspecified atom stereocenters. The number of nitrogens with zero attached hydrogens (tertiary/aromatic N) is 3. The summed E-state index contributed by atoms with van der Waals surface area (Å²) < 4.78 is 1.40. The Balaban J connectivity index is 1.76. The summed E-state index contributed by atoms with van der Waals surface area (Å²) >= 11 is 1.42. The minimum absolute atomic E-state index is 0.0152. The van der Waals surface area contributed by atoms with Gasteiger partial charge in [-0.3, -0.25) is 19.1 Å². The molecule has 1 amide bonds. The predicted molar refractivity (Wildman–Crippen MR) is 107 cm³/mol. The largest absolute Gasteiger partial charge is 0.322 e. The quantitative estimate of drug-likeness (QED) is 0.543. The standard InChI is InChI=1S/C20H20N4O2S/c1-13-6-7-16(9-14(13)2)23-18(25)17-11-22-20(24(3)19(17)26)27-12-15-5-4-8-21-10-15/h4-11H,12H2,1-3H3,(H,23,25). The molecule has 3 rings (SSSR count). The number of aromatic nitrogens is 3. The Morgan fingerprint density at radius 2 is 2.00 bits per heavy atom. The first kappa shape index (κ1) is 18.8. The van der Waals surface area contributed by atoms with Crippen LogP contribution in [0.25, 0.3) is 0 Å².